The molecule has 0 spiro atoms. The smallest absolute Gasteiger partial charge is 0.443 e. The third kappa shape index (κ3) is 10.6. The number of carbonyl (C=O) groups excluding carboxylic acids is 2. The van der Waals surface area contributed by atoms with Gasteiger partial charge in [0.1, 0.15) is 12.2 Å². The summed E-state index contributed by atoms with van der Waals surface area (Å²) in [6.45, 7) is -6.99. The predicted molar refractivity (Wildman–Crippen MR) is 187 cm³/mol. The molecule has 48 heteroatoms. The van der Waals surface area contributed by atoms with Crippen molar-refractivity contribution in [1.29, 1.82) is 0 Å². The molecule has 2 atom stereocenters. The van der Waals surface area contributed by atoms with Crippen molar-refractivity contribution in [3.8, 4) is 0 Å². The lowest BCUT2D eigenvalue weighted by atomic mass is 9.91. The SMILES string of the molecule is CN(CC1CN(CCCCCCN2CC(CN(C)S(=O)(=O)C(F)(F)C(F)(F)C(F)(F)C(F)(F)C(F)(F)C(F)(F)C(F)(F)C(F)(F)F)OC2=O)C(=O)O1)S(=O)(=O)C(F)(F)C(F)(F)C(F)(F)C(F)(F)C(F)(F)C(F)(F)C(F)(F)C(F)(F)F. The zero-order valence-electron chi connectivity index (χ0n) is 37.9. The molecule has 2 aliphatic heterocycles. The van der Waals surface area contributed by atoms with Crippen LogP contribution in [-0.4, -0.2) is 207 Å². The third-order valence-corrected chi connectivity index (χ3v) is 15.0. The van der Waals surface area contributed by atoms with Crippen molar-refractivity contribution in [2.45, 2.75) is 132 Å². The Labute approximate surface area is 421 Å². The highest BCUT2D eigenvalue weighted by molar-refractivity contribution is 7.90. The number of alkyl halides is 34. The largest absolute Gasteiger partial charge is 0.460 e. The van der Waals surface area contributed by atoms with Gasteiger partial charge in [-0.05, 0) is 12.8 Å². The van der Waals surface area contributed by atoms with Crippen LogP contribution in [0.25, 0.3) is 0 Å². The summed E-state index contributed by atoms with van der Waals surface area (Å²) in [4.78, 5) is 25.5. The maximum absolute atomic E-state index is 14.6. The Morgan fingerprint density at radius 3 is 0.775 bits per heavy atom. The first-order valence-corrected chi connectivity index (χ1v) is 22.9. The van der Waals surface area contributed by atoms with E-state index in [0.717, 1.165) is 0 Å². The normalized spacial score (nSPS) is 19.7. The molecule has 0 aromatic rings. The van der Waals surface area contributed by atoms with Crippen molar-refractivity contribution < 1.29 is 185 Å². The number of sulfonamides is 2. The van der Waals surface area contributed by atoms with Crippen LogP contribution in [0, 0.1) is 0 Å². The molecule has 0 radical (unpaired) electrons. The summed E-state index contributed by atoms with van der Waals surface area (Å²) in [5.41, 5.74) is 0. The van der Waals surface area contributed by atoms with Gasteiger partial charge in [0.25, 0.3) is 20.0 Å². The second-order valence-corrected chi connectivity index (χ2v) is 21.0. The number of ether oxygens (including phenoxy) is 2. The fourth-order valence-electron chi connectivity index (χ4n) is 6.45. The van der Waals surface area contributed by atoms with Gasteiger partial charge in [-0.15, -0.1) is 0 Å². The molecule has 0 aliphatic carbocycles. The molecule has 80 heavy (non-hydrogen) atoms. The van der Waals surface area contributed by atoms with Crippen molar-refractivity contribution in [2.24, 2.45) is 0 Å². The van der Waals surface area contributed by atoms with Crippen molar-refractivity contribution in [1.82, 2.24) is 18.4 Å². The molecule has 2 saturated heterocycles. The van der Waals surface area contributed by atoms with Gasteiger partial charge >= 0.3 is 106 Å². The van der Waals surface area contributed by atoms with Crippen LogP contribution in [0.5, 0.6) is 0 Å². The molecular formula is C32H28F34N4O8S2. The zero-order valence-corrected chi connectivity index (χ0v) is 39.6. The number of hydrogen-bond donors (Lipinski definition) is 0. The summed E-state index contributed by atoms with van der Waals surface area (Å²) in [6.07, 6.45) is -24.4. The summed E-state index contributed by atoms with van der Waals surface area (Å²) in [7, 11) is -16.2. The van der Waals surface area contributed by atoms with Gasteiger partial charge in [0.2, 0.25) is 0 Å². The molecular weight excluding hydrogens is 1280 g/mol. The number of carbonyl (C=O) groups is 2. The molecule has 474 valence electrons. The van der Waals surface area contributed by atoms with E-state index in [9.17, 15) is 176 Å². The Bertz CT molecular complexity index is 2320. The van der Waals surface area contributed by atoms with Gasteiger partial charge in [0, 0.05) is 27.2 Å². The molecule has 2 amide bonds. The fourth-order valence-corrected chi connectivity index (χ4v) is 8.86. The predicted octanol–water partition coefficient (Wildman–Crippen LogP) is 10.6. The number of unbranched alkanes of at least 4 members (excludes halogenated alkanes) is 3. The number of halogens is 34. The van der Waals surface area contributed by atoms with Gasteiger partial charge in [-0.2, -0.15) is 158 Å². The van der Waals surface area contributed by atoms with E-state index < -0.39 is 186 Å². The minimum atomic E-state index is -9.11. The van der Waals surface area contributed by atoms with Crippen molar-refractivity contribution in [3.05, 3.63) is 0 Å². The Morgan fingerprint density at radius 2 is 0.562 bits per heavy atom. The minimum absolute atomic E-state index is 0.143. The number of cyclic esters (lactones) is 2. The van der Waals surface area contributed by atoms with E-state index in [-0.39, 0.29) is 39.8 Å². The molecule has 2 rings (SSSR count). The van der Waals surface area contributed by atoms with Gasteiger partial charge in [-0.25, -0.2) is 26.4 Å². The van der Waals surface area contributed by atoms with E-state index in [1.54, 1.807) is 0 Å². The van der Waals surface area contributed by atoms with Gasteiger partial charge in [0.15, 0.2) is 0 Å². The van der Waals surface area contributed by atoms with Crippen LogP contribution in [0.2, 0.25) is 0 Å². The molecule has 0 aromatic heterocycles. The van der Waals surface area contributed by atoms with E-state index in [2.05, 4.69) is 9.47 Å². The molecule has 2 heterocycles. The standard InChI is InChI=1S/C32H28F34N4O8S2/c1-67(79(73,74)31(63,64)27(53,54)23(45,46)19(37,38)17(33,34)21(41,42)25(49,50)29(57,58)59)9-13-11-69(15(71)77-13)7-5-3-4-6-8-70-12-14(78-16(70)72)10-68(2)80(75,76)32(65,66)28(55,56)24(47,48)20(39,40)18(35,36)22(43,44)26(51,52)30(60,61)62/h13-14H,3-12H2,1-2H3. The van der Waals surface area contributed by atoms with Crippen LogP contribution in [0.15, 0.2) is 0 Å². The maximum Gasteiger partial charge on any atom is 0.460 e. The Balaban J connectivity index is 2.08. The lowest BCUT2D eigenvalue weighted by molar-refractivity contribution is -0.458. The quantitative estimate of drug-likeness (QED) is 0.0586. The van der Waals surface area contributed by atoms with E-state index >= 15 is 0 Å². The van der Waals surface area contributed by atoms with Crippen LogP contribution < -0.4 is 0 Å². The van der Waals surface area contributed by atoms with Gasteiger partial charge in [-0.3, -0.25) is 0 Å². The molecule has 0 bridgehead atoms. The van der Waals surface area contributed by atoms with Crippen LogP contribution in [0.4, 0.5) is 159 Å². The zero-order chi connectivity index (χ0) is 64.1. The first kappa shape index (κ1) is 72.1. The number of amides is 2. The molecule has 0 saturated carbocycles. The van der Waals surface area contributed by atoms with Crippen molar-refractivity contribution >= 4 is 32.2 Å². The van der Waals surface area contributed by atoms with E-state index in [4.69, 9.17) is 0 Å². The number of rotatable bonds is 27. The second kappa shape index (κ2) is 20.9. The van der Waals surface area contributed by atoms with E-state index in [1.807, 2.05) is 0 Å². The fraction of sp³-hybridized carbons (Fsp3) is 0.938. The first-order chi connectivity index (χ1) is 34.8. The summed E-state index contributed by atoms with van der Waals surface area (Å²) < 4.78 is 520. The molecule has 2 aliphatic rings. The van der Waals surface area contributed by atoms with Crippen LogP contribution in [0.1, 0.15) is 25.7 Å². The topological polar surface area (TPSA) is 134 Å². The summed E-state index contributed by atoms with van der Waals surface area (Å²) in [5, 5.41) is -15.9. The molecule has 0 aromatic carbocycles. The van der Waals surface area contributed by atoms with E-state index in [0.29, 0.717) is 9.80 Å². The summed E-state index contributed by atoms with van der Waals surface area (Å²) in [5.74, 6) is -106. The highest BCUT2D eigenvalue weighted by Gasteiger charge is 2.98. The average Bonchev–Trinajstić information content (AvgIpc) is 3.80. The molecule has 2 unspecified atom stereocenters. The summed E-state index contributed by atoms with van der Waals surface area (Å²) >= 11 is 0. The highest BCUT2D eigenvalue weighted by atomic mass is 32.2. The molecule has 12 nitrogen and oxygen atoms in total. The monoisotopic (exact) mass is 1310 g/mol. The van der Waals surface area contributed by atoms with Crippen LogP contribution in [-0.2, 0) is 29.5 Å². The van der Waals surface area contributed by atoms with Crippen molar-refractivity contribution in [2.75, 3.05) is 53.4 Å². The lowest BCUT2D eigenvalue weighted by Crippen LogP contribution is -2.75. The number of nitrogens with zero attached hydrogens (tertiary/aromatic N) is 4. The molecule has 2 fully saturated rings. The minimum Gasteiger partial charge on any atom is -0.443 e. The average molecular weight is 1310 g/mol. The second-order valence-electron chi connectivity index (χ2n) is 16.8. The van der Waals surface area contributed by atoms with Crippen LogP contribution in [0.3, 0.4) is 0 Å². The van der Waals surface area contributed by atoms with Crippen molar-refractivity contribution in [3.63, 3.8) is 0 Å². The highest BCUT2D eigenvalue weighted by Crippen LogP contribution is 2.67. The lowest BCUT2D eigenvalue weighted by Gasteiger charge is -2.42. The van der Waals surface area contributed by atoms with E-state index in [1.165, 1.54) is 0 Å². The van der Waals surface area contributed by atoms with Gasteiger partial charge in [0.05, 0.1) is 26.2 Å². The van der Waals surface area contributed by atoms with Crippen LogP contribution >= 0.6 is 0 Å². The third-order valence-electron chi connectivity index (χ3n) is 11.3. The van der Waals surface area contributed by atoms with Gasteiger partial charge < -0.3 is 19.3 Å². The summed E-state index contributed by atoms with van der Waals surface area (Å²) in [6, 6.07) is 0. The maximum atomic E-state index is 14.6. The Hall–Kier alpha value is -4.02. The Kier molecular flexibility index (Phi) is 18.9. The molecule has 0 N–H and O–H groups in total. The number of likely N-dealkylation sites (N-methyl/N-ethyl adjacent to an activating group) is 2. The Morgan fingerprint density at radius 1 is 0.362 bits per heavy atom. The number of hydrogen-bond acceptors (Lipinski definition) is 8. The first-order valence-electron chi connectivity index (χ1n) is 20.0. The van der Waals surface area contributed by atoms with Gasteiger partial charge in [-0.1, -0.05) is 12.8 Å².